The first-order chi connectivity index (χ1) is 18.8. The highest BCUT2D eigenvalue weighted by Gasteiger charge is 2.18. The summed E-state index contributed by atoms with van der Waals surface area (Å²) in [6.07, 6.45) is 1.84. The van der Waals surface area contributed by atoms with Gasteiger partial charge in [-0.2, -0.15) is 0 Å². The van der Waals surface area contributed by atoms with Crippen LogP contribution in [0, 0.1) is 0 Å². The molecule has 0 unspecified atom stereocenters. The molecule has 4 heterocycles. The molecule has 178 valence electrons. The van der Waals surface area contributed by atoms with Gasteiger partial charge in [0.15, 0.2) is 0 Å². The number of para-hydroxylation sites is 2. The molecule has 0 radical (unpaired) electrons. The van der Waals surface area contributed by atoms with Crippen LogP contribution in [0.1, 0.15) is 0 Å². The van der Waals surface area contributed by atoms with Crippen molar-refractivity contribution in [2.45, 2.75) is 0 Å². The molecule has 4 aromatic carbocycles. The molecule has 8 rings (SSSR count). The second kappa shape index (κ2) is 8.15. The van der Waals surface area contributed by atoms with Crippen molar-refractivity contribution in [2.75, 3.05) is 0 Å². The van der Waals surface area contributed by atoms with E-state index in [0.717, 1.165) is 72.3 Å². The maximum absolute atomic E-state index is 6.29. The lowest BCUT2D eigenvalue weighted by atomic mass is 10.0. The van der Waals surface area contributed by atoms with E-state index in [9.17, 15) is 0 Å². The van der Waals surface area contributed by atoms with Crippen molar-refractivity contribution in [2.24, 2.45) is 0 Å². The zero-order valence-electron chi connectivity index (χ0n) is 20.4. The van der Waals surface area contributed by atoms with E-state index in [2.05, 4.69) is 89.3 Å². The minimum atomic E-state index is 0.872. The Hall–Kier alpha value is -5.22. The first-order valence-corrected chi connectivity index (χ1v) is 12.7. The Balaban J connectivity index is 1.32. The molecule has 0 atom stereocenters. The van der Waals surface area contributed by atoms with Crippen LogP contribution in [0.25, 0.3) is 72.3 Å². The molecule has 0 aliphatic rings. The summed E-state index contributed by atoms with van der Waals surface area (Å²) in [7, 11) is 0. The molecule has 0 aliphatic heterocycles. The van der Waals surface area contributed by atoms with E-state index in [4.69, 9.17) is 14.4 Å². The lowest BCUT2D eigenvalue weighted by Crippen LogP contribution is -1.94. The number of imidazole rings is 1. The Morgan fingerprint density at radius 3 is 2.26 bits per heavy atom. The van der Waals surface area contributed by atoms with E-state index in [1.54, 1.807) is 0 Å². The van der Waals surface area contributed by atoms with Crippen LogP contribution in [0.4, 0.5) is 0 Å². The van der Waals surface area contributed by atoms with Gasteiger partial charge in [-0.15, -0.1) is 0 Å². The van der Waals surface area contributed by atoms with E-state index in [-0.39, 0.29) is 0 Å². The Morgan fingerprint density at radius 1 is 0.579 bits per heavy atom. The average Bonchev–Trinajstić information content (AvgIpc) is 3.57. The molecule has 0 bridgehead atoms. The number of hydrogen-bond acceptors (Lipinski definition) is 3. The van der Waals surface area contributed by atoms with Crippen LogP contribution in [-0.4, -0.2) is 14.4 Å². The molecule has 4 aromatic heterocycles. The highest BCUT2D eigenvalue weighted by atomic mass is 16.3. The highest BCUT2D eigenvalue weighted by Crippen LogP contribution is 2.37. The van der Waals surface area contributed by atoms with Crippen molar-refractivity contribution < 1.29 is 4.42 Å². The number of nitrogens with zero attached hydrogens (tertiary/aromatic N) is 3. The van der Waals surface area contributed by atoms with Crippen molar-refractivity contribution in [3.63, 3.8) is 0 Å². The van der Waals surface area contributed by atoms with Crippen LogP contribution in [0.5, 0.6) is 0 Å². The lowest BCUT2D eigenvalue weighted by molar-refractivity contribution is 0.670. The van der Waals surface area contributed by atoms with Gasteiger partial charge in [0, 0.05) is 39.0 Å². The number of fused-ring (bicyclic) bond motifs is 6. The van der Waals surface area contributed by atoms with E-state index in [1.807, 2.05) is 42.6 Å². The molecule has 0 spiro atoms. The summed E-state index contributed by atoms with van der Waals surface area (Å²) < 4.78 is 8.46. The van der Waals surface area contributed by atoms with Gasteiger partial charge >= 0.3 is 0 Å². The quantitative estimate of drug-likeness (QED) is 0.250. The first-order valence-electron chi connectivity index (χ1n) is 12.7. The molecule has 0 N–H and O–H groups in total. The third kappa shape index (κ3) is 3.10. The van der Waals surface area contributed by atoms with Crippen molar-refractivity contribution in [3.8, 4) is 33.8 Å². The maximum Gasteiger partial charge on any atom is 0.146 e. The fourth-order valence-corrected chi connectivity index (χ4v) is 5.47. The third-order valence-electron chi connectivity index (χ3n) is 7.27. The van der Waals surface area contributed by atoms with Crippen molar-refractivity contribution in [1.29, 1.82) is 0 Å². The first kappa shape index (κ1) is 20.9. The van der Waals surface area contributed by atoms with Crippen LogP contribution in [0.3, 0.4) is 0 Å². The normalized spacial score (nSPS) is 11.7. The summed E-state index contributed by atoms with van der Waals surface area (Å²) in [6.45, 7) is 0. The number of pyridine rings is 2. The summed E-state index contributed by atoms with van der Waals surface area (Å²) in [5.41, 5.74) is 8.99. The van der Waals surface area contributed by atoms with Crippen LogP contribution in [0.2, 0.25) is 0 Å². The van der Waals surface area contributed by atoms with Crippen molar-refractivity contribution in [1.82, 2.24) is 14.4 Å². The zero-order chi connectivity index (χ0) is 25.1. The van der Waals surface area contributed by atoms with Gasteiger partial charge in [0.25, 0.3) is 0 Å². The lowest BCUT2D eigenvalue weighted by Gasteiger charge is -2.07. The molecule has 0 aliphatic carbocycles. The number of aromatic nitrogens is 3. The van der Waals surface area contributed by atoms with Gasteiger partial charge in [-0.05, 0) is 35.9 Å². The number of rotatable bonds is 3. The highest BCUT2D eigenvalue weighted by molar-refractivity contribution is 6.09. The molecule has 4 heteroatoms. The van der Waals surface area contributed by atoms with Gasteiger partial charge in [0.2, 0.25) is 0 Å². The monoisotopic (exact) mass is 487 g/mol. The summed E-state index contributed by atoms with van der Waals surface area (Å²) in [4.78, 5) is 9.90. The average molecular weight is 488 g/mol. The predicted octanol–water partition coefficient (Wildman–Crippen LogP) is 8.78. The summed E-state index contributed by atoms with van der Waals surface area (Å²) >= 11 is 0. The van der Waals surface area contributed by atoms with Crippen LogP contribution in [0.15, 0.2) is 132 Å². The summed E-state index contributed by atoms with van der Waals surface area (Å²) in [5.74, 6) is 0.872. The third-order valence-corrected chi connectivity index (χ3v) is 7.27. The number of hydrogen-bond donors (Lipinski definition) is 0. The van der Waals surface area contributed by atoms with Crippen LogP contribution in [-0.2, 0) is 0 Å². The molecule has 8 aromatic rings. The largest absolute Gasteiger partial charge is 0.455 e. The standard InChI is InChI=1S/C34H21N3O/c1-2-8-23(9-3-1)31-29-20-19-24-10-7-21-35-33(24)37(29)34(36-31)25-17-15-22(16-18-25)26-12-6-13-28-27-11-4-5-14-30(27)38-32(26)28/h1-21H. The van der Waals surface area contributed by atoms with Crippen LogP contribution < -0.4 is 0 Å². The smallest absolute Gasteiger partial charge is 0.146 e. The Morgan fingerprint density at radius 2 is 1.37 bits per heavy atom. The number of benzene rings is 4. The van der Waals surface area contributed by atoms with Gasteiger partial charge in [-0.3, -0.25) is 4.40 Å². The van der Waals surface area contributed by atoms with Gasteiger partial charge < -0.3 is 4.42 Å². The molecule has 0 fully saturated rings. The second-order valence-electron chi connectivity index (χ2n) is 9.48. The van der Waals surface area contributed by atoms with E-state index in [0.29, 0.717) is 0 Å². The fourth-order valence-electron chi connectivity index (χ4n) is 5.47. The molecule has 0 saturated carbocycles. The molecule has 4 nitrogen and oxygen atoms in total. The van der Waals surface area contributed by atoms with Gasteiger partial charge in [-0.1, -0.05) is 91.0 Å². The second-order valence-corrected chi connectivity index (χ2v) is 9.48. The number of furan rings is 1. The zero-order valence-corrected chi connectivity index (χ0v) is 20.4. The van der Waals surface area contributed by atoms with E-state index < -0.39 is 0 Å². The van der Waals surface area contributed by atoms with Gasteiger partial charge in [0.05, 0.1) is 11.2 Å². The molecular weight excluding hydrogens is 466 g/mol. The minimum Gasteiger partial charge on any atom is -0.455 e. The van der Waals surface area contributed by atoms with E-state index >= 15 is 0 Å². The summed E-state index contributed by atoms with van der Waals surface area (Å²) in [6, 6.07) is 41.8. The Kier molecular flexibility index (Phi) is 4.49. The van der Waals surface area contributed by atoms with Crippen molar-refractivity contribution >= 4 is 38.5 Å². The molecule has 0 saturated heterocycles. The SMILES string of the molecule is c1ccc(-c2nc(-c3ccc(-c4cccc5c4oc4ccccc45)cc3)n3c2ccc2cccnc23)cc1. The summed E-state index contributed by atoms with van der Waals surface area (Å²) in [5, 5.41) is 3.34. The maximum atomic E-state index is 6.29. The topological polar surface area (TPSA) is 43.3 Å². The predicted molar refractivity (Wildman–Crippen MR) is 154 cm³/mol. The van der Waals surface area contributed by atoms with Crippen LogP contribution >= 0.6 is 0 Å². The Labute approximate surface area is 218 Å². The Bertz CT molecular complexity index is 2120. The van der Waals surface area contributed by atoms with Gasteiger partial charge in [-0.25, -0.2) is 9.97 Å². The van der Waals surface area contributed by atoms with Gasteiger partial charge in [0.1, 0.15) is 22.6 Å². The van der Waals surface area contributed by atoms with E-state index in [1.165, 1.54) is 0 Å². The fraction of sp³-hybridized carbons (Fsp3) is 0. The minimum absolute atomic E-state index is 0.872. The van der Waals surface area contributed by atoms with Crippen molar-refractivity contribution in [3.05, 3.63) is 128 Å². The molecule has 38 heavy (non-hydrogen) atoms. The molecular formula is C34H21N3O. The molecule has 0 amide bonds.